The van der Waals surface area contributed by atoms with E-state index in [1.165, 1.54) is 6.07 Å². The number of nitrogens with one attached hydrogen (secondary N) is 1. The van der Waals surface area contributed by atoms with Gasteiger partial charge < -0.3 is 14.8 Å². The highest BCUT2D eigenvalue weighted by Crippen LogP contribution is 2.33. The highest BCUT2D eigenvalue weighted by molar-refractivity contribution is 5.45. The third-order valence-electron chi connectivity index (χ3n) is 2.96. The van der Waals surface area contributed by atoms with Crippen LogP contribution in [0.1, 0.15) is 18.9 Å². The molecule has 4 heteroatoms. The van der Waals surface area contributed by atoms with Crippen molar-refractivity contribution in [3.63, 3.8) is 0 Å². The van der Waals surface area contributed by atoms with Gasteiger partial charge in [-0.1, -0.05) is 25.1 Å². The normalized spacial score (nSPS) is 10.4. The molecule has 0 saturated carbocycles. The quantitative estimate of drug-likeness (QED) is 0.831. The second-order valence-electron chi connectivity index (χ2n) is 4.64. The van der Waals surface area contributed by atoms with Gasteiger partial charge in [-0.15, -0.1) is 0 Å². The summed E-state index contributed by atoms with van der Waals surface area (Å²) in [5, 5.41) is 2.95. The Hall–Kier alpha value is -2.07. The van der Waals surface area contributed by atoms with E-state index in [-0.39, 0.29) is 5.82 Å². The monoisotopic (exact) mass is 289 g/mol. The maximum absolute atomic E-state index is 13.9. The van der Waals surface area contributed by atoms with Gasteiger partial charge in [0.2, 0.25) is 0 Å². The molecule has 0 fully saturated rings. The molecule has 0 atom stereocenters. The first-order valence-electron chi connectivity index (χ1n) is 7.08. The van der Waals surface area contributed by atoms with E-state index in [0.717, 1.165) is 6.42 Å². The van der Waals surface area contributed by atoms with Gasteiger partial charge in [0, 0.05) is 12.1 Å². The first-order valence-corrected chi connectivity index (χ1v) is 7.08. The number of ether oxygens (including phenoxy) is 2. The van der Waals surface area contributed by atoms with E-state index in [1.54, 1.807) is 19.2 Å². The Morgan fingerprint density at radius 3 is 2.43 bits per heavy atom. The van der Waals surface area contributed by atoms with E-state index in [2.05, 4.69) is 5.32 Å². The maximum atomic E-state index is 13.9. The molecule has 2 aromatic rings. The topological polar surface area (TPSA) is 30.5 Å². The van der Waals surface area contributed by atoms with Crippen molar-refractivity contribution < 1.29 is 13.9 Å². The summed E-state index contributed by atoms with van der Waals surface area (Å²) >= 11 is 0. The molecule has 2 aromatic carbocycles. The second-order valence-corrected chi connectivity index (χ2v) is 4.64. The smallest absolute Gasteiger partial charge is 0.169 e. The number of benzene rings is 2. The van der Waals surface area contributed by atoms with E-state index in [1.807, 2.05) is 31.2 Å². The Balaban J connectivity index is 2.28. The average Bonchev–Trinajstić information content (AvgIpc) is 2.50. The molecule has 0 bridgehead atoms. The van der Waals surface area contributed by atoms with Crippen LogP contribution in [0.25, 0.3) is 0 Å². The second kappa shape index (κ2) is 7.64. The number of hydrogen-bond acceptors (Lipinski definition) is 3. The summed E-state index contributed by atoms with van der Waals surface area (Å²) < 4.78 is 25.4. The molecule has 0 unspecified atom stereocenters. The third-order valence-corrected chi connectivity index (χ3v) is 2.96. The van der Waals surface area contributed by atoms with Crippen LogP contribution in [-0.4, -0.2) is 13.7 Å². The van der Waals surface area contributed by atoms with Gasteiger partial charge in [-0.25, -0.2) is 4.39 Å². The molecule has 112 valence electrons. The number of hydrogen-bond donors (Lipinski definition) is 1. The standard InChI is InChI=1S/C17H20FNO2/c1-3-11-20-16-8-4-5-9-17(16)21-15-10-6-7-14(18)13(15)12-19-2/h4-10,19H,3,11-12H2,1-2H3. The lowest BCUT2D eigenvalue weighted by Gasteiger charge is -2.15. The zero-order chi connectivity index (χ0) is 15.1. The van der Waals surface area contributed by atoms with Crippen molar-refractivity contribution in [1.82, 2.24) is 5.32 Å². The SMILES string of the molecule is CCCOc1ccccc1Oc1cccc(F)c1CNC. The fourth-order valence-electron chi connectivity index (χ4n) is 1.97. The molecule has 0 aliphatic heterocycles. The van der Waals surface area contributed by atoms with Gasteiger partial charge in [-0.05, 0) is 37.7 Å². The molecular weight excluding hydrogens is 269 g/mol. The van der Waals surface area contributed by atoms with Crippen molar-refractivity contribution in [3.05, 3.63) is 53.8 Å². The van der Waals surface area contributed by atoms with Crippen molar-refractivity contribution in [2.75, 3.05) is 13.7 Å². The zero-order valence-electron chi connectivity index (χ0n) is 12.4. The van der Waals surface area contributed by atoms with Crippen molar-refractivity contribution in [3.8, 4) is 17.2 Å². The van der Waals surface area contributed by atoms with Crippen LogP contribution in [0, 0.1) is 5.82 Å². The number of rotatable bonds is 7. The summed E-state index contributed by atoms with van der Waals surface area (Å²) in [5.41, 5.74) is 0.505. The van der Waals surface area contributed by atoms with Gasteiger partial charge in [0.05, 0.1) is 6.61 Å². The van der Waals surface area contributed by atoms with Gasteiger partial charge in [-0.2, -0.15) is 0 Å². The van der Waals surface area contributed by atoms with E-state index in [0.29, 0.717) is 36.0 Å². The van der Waals surface area contributed by atoms with Gasteiger partial charge in [0.1, 0.15) is 11.6 Å². The summed E-state index contributed by atoms with van der Waals surface area (Å²) in [7, 11) is 1.77. The molecule has 3 nitrogen and oxygen atoms in total. The van der Waals surface area contributed by atoms with Crippen molar-refractivity contribution in [2.24, 2.45) is 0 Å². The number of para-hydroxylation sites is 2. The Bertz CT molecular complexity index is 587. The van der Waals surface area contributed by atoms with Gasteiger partial charge >= 0.3 is 0 Å². The van der Waals surface area contributed by atoms with Crippen LogP contribution in [0.15, 0.2) is 42.5 Å². The van der Waals surface area contributed by atoms with Crippen LogP contribution in [0.4, 0.5) is 4.39 Å². The predicted octanol–water partition coefficient (Wildman–Crippen LogP) is 4.13. The first kappa shape index (κ1) is 15.3. The average molecular weight is 289 g/mol. The molecule has 0 amide bonds. The minimum atomic E-state index is -0.284. The summed E-state index contributed by atoms with van der Waals surface area (Å²) in [6.45, 7) is 3.06. The van der Waals surface area contributed by atoms with Crippen molar-refractivity contribution >= 4 is 0 Å². The lowest BCUT2D eigenvalue weighted by Crippen LogP contribution is -2.08. The van der Waals surface area contributed by atoms with E-state index >= 15 is 0 Å². The van der Waals surface area contributed by atoms with Crippen LogP contribution < -0.4 is 14.8 Å². The van der Waals surface area contributed by atoms with Crippen LogP contribution in [-0.2, 0) is 6.54 Å². The predicted molar refractivity (Wildman–Crippen MR) is 81.5 cm³/mol. The summed E-state index contributed by atoms with van der Waals surface area (Å²) in [6.07, 6.45) is 0.916. The van der Waals surface area contributed by atoms with Crippen LogP contribution >= 0.6 is 0 Å². The lowest BCUT2D eigenvalue weighted by molar-refractivity contribution is 0.301. The Labute approximate surface area is 124 Å². The molecule has 0 aliphatic rings. The molecule has 0 saturated heterocycles. The van der Waals surface area contributed by atoms with Gasteiger partial charge in [0.15, 0.2) is 11.5 Å². The molecule has 0 radical (unpaired) electrons. The Morgan fingerprint density at radius 2 is 1.71 bits per heavy atom. The highest BCUT2D eigenvalue weighted by Gasteiger charge is 2.12. The summed E-state index contributed by atoms with van der Waals surface area (Å²) in [4.78, 5) is 0. The molecule has 0 aliphatic carbocycles. The number of halogens is 1. The van der Waals surface area contributed by atoms with Crippen LogP contribution in [0.3, 0.4) is 0 Å². The summed E-state index contributed by atoms with van der Waals surface area (Å²) in [6, 6.07) is 12.2. The fourth-order valence-corrected chi connectivity index (χ4v) is 1.97. The van der Waals surface area contributed by atoms with Crippen molar-refractivity contribution in [1.29, 1.82) is 0 Å². The van der Waals surface area contributed by atoms with Crippen molar-refractivity contribution in [2.45, 2.75) is 19.9 Å². The van der Waals surface area contributed by atoms with E-state index in [4.69, 9.17) is 9.47 Å². The largest absolute Gasteiger partial charge is 0.490 e. The molecule has 0 spiro atoms. The third kappa shape index (κ3) is 3.95. The fraction of sp³-hybridized carbons (Fsp3) is 0.294. The Morgan fingerprint density at radius 1 is 1.00 bits per heavy atom. The minimum Gasteiger partial charge on any atom is -0.490 e. The van der Waals surface area contributed by atoms with Crippen LogP contribution in [0.2, 0.25) is 0 Å². The van der Waals surface area contributed by atoms with E-state index < -0.39 is 0 Å². The molecule has 2 rings (SSSR count). The highest BCUT2D eigenvalue weighted by atomic mass is 19.1. The lowest BCUT2D eigenvalue weighted by atomic mass is 10.2. The van der Waals surface area contributed by atoms with E-state index in [9.17, 15) is 4.39 Å². The molecular formula is C17H20FNO2. The van der Waals surface area contributed by atoms with Gasteiger partial charge in [-0.3, -0.25) is 0 Å². The molecule has 0 aromatic heterocycles. The molecule has 1 N–H and O–H groups in total. The zero-order valence-corrected chi connectivity index (χ0v) is 12.4. The van der Waals surface area contributed by atoms with Crippen LogP contribution in [0.5, 0.6) is 17.2 Å². The Kier molecular flexibility index (Phi) is 5.58. The first-order chi connectivity index (χ1) is 10.3. The van der Waals surface area contributed by atoms with Gasteiger partial charge in [0.25, 0.3) is 0 Å². The molecule has 21 heavy (non-hydrogen) atoms. The summed E-state index contributed by atoms with van der Waals surface area (Å²) in [5.74, 6) is 1.47. The minimum absolute atomic E-state index is 0.284. The molecule has 0 heterocycles. The maximum Gasteiger partial charge on any atom is 0.169 e.